The van der Waals surface area contributed by atoms with Crippen LogP contribution in [0.5, 0.6) is 0 Å². The lowest BCUT2D eigenvalue weighted by atomic mass is 10.0. The number of unbranched alkanes of at least 4 members (excludes halogenated alkanes) is 3. The van der Waals surface area contributed by atoms with E-state index >= 15 is 0 Å². The van der Waals surface area contributed by atoms with Crippen LogP contribution < -0.4 is 5.11 Å². The first-order valence-corrected chi connectivity index (χ1v) is 7.01. The van der Waals surface area contributed by atoms with Crippen molar-refractivity contribution >= 4 is 5.97 Å². The Morgan fingerprint density at radius 1 is 1.35 bits per heavy atom. The number of carboxylic acid groups (broad SMARTS) is 1. The molecule has 4 atom stereocenters. The molecule has 2 N–H and O–H groups in total. The highest BCUT2D eigenvalue weighted by atomic mass is 16.7. The lowest BCUT2D eigenvalue weighted by Crippen LogP contribution is -2.47. The number of allylic oxidation sites excluding steroid dienone is 1. The van der Waals surface area contributed by atoms with Gasteiger partial charge in [-0.2, -0.15) is 0 Å². The van der Waals surface area contributed by atoms with E-state index in [2.05, 4.69) is 0 Å². The number of aliphatic hydroxyl groups excluding tert-OH is 2. The third kappa shape index (κ3) is 6.47. The van der Waals surface area contributed by atoms with Crippen molar-refractivity contribution in [1.29, 1.82) is 0 Å². The Morgan fingerprint density at radius 2 is 2.10 bits per heavy atom. The summed E-state index contributed by atoms with van der Waals surface area (Å²) in [5, 5.41) is 29.3. The fourth-order valence-corrected chi connectivity index (χ4v) is 2.01. The second-order valence-corrected chi connectivity index (χ2v) is 5.02. The van der Waals surface area contributed by atoms with Crippen LogP contribution in [0, 0.1) is 0 Å². The molecule has 1 aliphatic rings. The molecule has 0 aliphatic carbocycles. The molecule has 0 saturated carbocycles. The maximum atomic E-state index is 10.1. The van der Waals surface area contributed by atoms with Gasteiger partial charge < -0.3 is 29.6 Å². The SMILES string of the molecule is C[C@@H]1O[C@@H](OCCCCC/C=C/C(=O)[O-])[C@H](O)C[C@H]1O. The molecule has 0 radical (unpaired) electrons. The van der Waals surface area contributed by atoms with Gasteiger partial charge >= 0.3 is 0 Å². The molecular weight excluding hydrogens is 264 g/mol. The van der Waals surface area contributed by atoms with E-state index < -0.39 is 24.5 Å². The summed E-state index contributed by atoms with van der Waals surface area (Å²) < 4.78 is 10.8. The van der Waals surface area contributed by atoms with E-state index in [1.165, 1.54) is 0 Å². The molecule has 0 unspecified atom stereocenters. The van der Waals surface area contributed by atoms with Gasteiger partial charge in [-0.05, 0) is 32.3 Å². The molecule has 0 aromatic carbocycles. The van der Waals surface area contributed by atoms with Gasteiger partial charge in [0, 0.05) is 13.0 Å². The Morgan fingerprint density at radius 3 is 2.80 bits per heavy atom. The maximum Gasteiger partial charge on any atom is 0.183 e. The molecule has 116 valence electrons. The highest BCUT2D eigenvalue weighted by molar-refractivity contribution is 5.77. The summed E-state index contributed by atoms with van der Waals surface area (Å²) in [5.74, 6) is -1.17. The minimum atomic E-state index is -1.17. The van der Waals surface area contributed by atoms with Crippen LogP contribution in [0.3, 0.4) is 0 Å². The fourth-order valence-electron chi connectivity index (χ4n) is 2.01. The molecule has 0 bridgehead atoms. The zero-order valence-corrected chi connectivity index (χ0v) is 11.7. The Bertz CT molecular complexity index is 317. The van der Waals surface area contributed by atoms with Crippen LogP contribution in [0.1, 0.15) is 39.0 Å². The molecule has 0 aromatic heterocycles. The molecule has 1 rings (SSSR count). The summed E-state index contributed by atoms with van der Waals surface area (Å²) >= 11 is 0. The standard InChI is InChI=1S/C14H24O6/c1-10-11(15)9-12(16)14(20-10)19-8-6-4-2-3-5-7-13(17)18/h5,7,10-12,14-16H,2-4,6,8-9H2,1H3,(H,17,18)/p-1/b7-5+/t10-,11+,12+,14+/m0/s1. The van der Waals surface area contributed by atoms with Crippen molar-refractivity contribution in [3.8, 4) is 0 Å². The summed E-state index contributed by atoms with van der Waals surface area (Å²) in [6, 6.07) is 0. The van der Waals surface area contributed by atoms with E-state index in [0.717, 1.165) is 25.3 Å². The quantitative estimate of drug-likeness (QED) is 0.471. The summed E-state index contributed by atoms with van der Waals surface area (Å²) in [6.45, 7) is 2.21. The molecule has 1 aliphatic heterocycles. The number of ether oxygens (including phenoxy) is 2. The minimum Gasteiger partial charge on any atom is -0.545 e. The van der Waals surface area contributed by atoms with Crippen LogP contribution >= 0.6 is 0 Å². The van der Waals surface area contributed by atoms with E-state index in [1.807, 2.05) is 0 Å². The van der Waals surface area contributed by atoms with Gasteiger partial charge in [0.15, 0.2) is 6.29 Å². The first kappa shape index (κ1) is 17.1. The summed E-state index contributed by atoms with van der Waals surface area (Å²) in [5.41, 5.74) is 0. The fraction of sp³-hybridized carbons (Fsp3) is 0.786. The summed E-state index contributed by atoms with van der Waals surface area (Å²) in [7, 11) is 0. The van der Waals surface area contributed by atoms with Gasteiger partial charge in [0.25, 0.3) is 0 Å². The molecule has 0 aromatic rings. The molecular formula is C14H23O6-. The van der Waals surface area contributed by atoms with Crippen LogP contribution in [0.4, 0.5) is 0 Å². The van der Waals surface area contributed by atoms with Crippen LogP contribution in [-0.4, -0.2) is 47.4 Å². The van der Waals surface area contributed by atoms with Gasteiger partial charge in [0.2, 0.25) is 0 Å². The van der Waals surface area contributed by atoms with Gasteiger partial charge in [0.05, 0.1) is 18.2 Å². The van der Waals surface area contributed by atoms with Crippen LogP contribution in [0.15, 0.2) is 12.2 Å². The summed E-state index contributed by atoms with van der Waals surface area (Å²) in [6.07, 6.45) is 3.69. The van der Waals surface area contributed by atoms with Crippen LogP contribution in [0.25, 0.3) is 0 Å². The Hall–Kier alpha value is -0.950. The molecule has 6 nitrogen and oxygen atoms in total. The lowest BCUT2D eigenvalue weighted by molar-refractivity contribution is -0.297. The zero-order chi connectivity index (χ0) is 15.0. The Balaban J connectivity index is 2.05. The highest BCUT2D eigenvalue weighted by Gasteiger charge is 2.34. The molecule has 0 amide bonds. The number of hydrogen-bond donors (Lipinski definition) is 2. The van der Waals surface area contributed by atoms with Gasteiger partial charge in [-0.15, -0.1) is 0 Å². The molecule has 1 heterocycles. The van der Waals surface area contributed by atoms with Gasteiger partial charge in [0.1, 0.15) is 6.10 Å². The first-order chi connectivity index (χ1) is 9.50. The third-order valence-corrected chi connectivity index (χ3v) is 3.24. The van der Waals surface area contributed by atoms with E-state index in [0.29, 0.717) is 13.0 Å². The van der Waals surface area contributed by atoms with Crippen LogP contribution in [-0.2, 0) is 14.3 Å². The number of hydrogen-bond acceptors (Lipinski definition) is 6. The van der Waals surface area contributed by atoms with Crippen molar-refractivity contribution in [1.82, 2.24) is 0 Å². The average molecular weight is 287 g/mol. The first-order valence-electron chi connectivity index (χ1n) is 7.01. The van der Waals surface area contributed by atoms with Crippen molar-refractivity contribution in [2.24, 2.45) is 0 Å². The van der Waals surface area contributed by atoms with Gasteiger partial charge in [-0.3, -0.25) is 0 Å². The molecule has 1 saturated heterocycles. The Labute approximate surface area is 119 Å². The molecule has 6 heteroatoms. The second kappa shape index (κ2) is 9.07. The number of rotatable bonds is 8. The Kier molecular flexibility index (Phi) is 7.76. The third-order valence-electron chi connectivity index (χ3n) is 3.24. The smallest absolute Gasteiger partial charge is 0.183 e. The van der Waals surface area contributed by atoms with Crippen molar-refractivity contribution in [3.63, 3.8) is 0 Å². The monoisotopic (exact) mass is 287 g/mol. The summed E-state index contributed by atoms with van der Waals surface area (Å²) in [4.78, 5) is 10.1. The molecule has 0 spiro atoms. The number of aliphatic hydroxyl groups is 2. The van der Waals surface area contributed by atoms with Gasteiger partial charge in [-0.1, -0.05) is 12.5 Å². The second-order valence-electron chi connectivity index (χ2n) is 5.02. The predicted molar refractivity (Wildman–Crippen MR) is 69.5 cm³/mol. The predicted octanol–water partition coefficient (Wildman–Crippen LogP) is -0.274. The number of aliphatic carboxylic acids is 1. The maximum absolute atomic E-state index is 10.1. The van der Waals surface area contributed by atoms with Crippen LogP contribution in [0.2, 0.25) is 0 Å². The normalized spacial score (nSPS) is 30.8. The molecule has 20 heavy (non-hydrogen) atoms. The molecule has 1 fully saturated rings. The average Bonchev–Trinajstić information content (AvgIpc) is 2.38. The van der Waals surface area contributed by atoms with E-state index in [1.54, 1.807) is 13.0 Å². The van der Waals surface area contributed by atoms with E-state index in [-0.39, 0.29) is 12.5 Å². The van der Waals surface area contributed by atoms with Crippen molar-refractivity contribution in [2.75, 3.05) is 6.61 Å². The largest absolute Gasteiger partial charge is 0.545 e. The lowest BCUT2D eigenvalue weighted by Gasteiger charge is -2.35. The topological polar surface area (TPSA) is 99.1 Å². The number of carboxylic acids is 1. The van der Waals surface area contributed by atoms with E-state index in [9.17, 15) is 20.1 Å². The highest BCUT2D eigenvalue weighted by Crippen LogP contribution is 2.21. The van der Waals surface area contributed by atoms with Crippen molar-refractivity contribution in [3.05, 3.63) is 12.2 Å². The van der Waals surface area contributed by atoms with Crippen molar-refractivity contribution < 1.29 is 29.6 Å². The number of carbonyl (C=O) groups is 1. The zero-order valence-electron chi connectivity index (χ0n) is 11.7. The van der Waals surface area contributed by atoms with Crippen molar-refractivity contribution in [2.45, 2.75) is 63.6 Å². The van der Waals surface area contributed by atoms with Gasteiger partial charge in [-0.25, -0.2) is 0 Å². The number of carbonyl (C=O) groups excluding carboxylic acids is 1. The minimum absolute atomic E-state index is 0.264. The van der Waals surface area contributed by atoms with E-state index in [4.69, 9.17) is 9.47 Å².